The van der Waals surface area contributed by atoms with Crippen LogP contribution in [0.2, 0.25) is 0 Å². The van der Waals surface area contributed by atoms with E-state index in [9.17, 15) is 0 Å². The second-order valence-electron chi connectivity index (χ2n) is 4.78. The molecule has 1 fully saturated rings. The van der Waals surface area contributed by atoms with Gasteiger partial charge in [0.25, 0.3) is 0 Å². The molecule has 0 radical (unpaired) electrons. The van der Waals surface area contributed by atoms with E-state index in [1.807, 2.05) is 0 Å². The summed E-state index contributed by atoms with van der Waals surface area (Å²) in [7, 11) is 0. The molecule has 2 atom stereocenters. The van der Waals surface area contributed by atoms with Crippen molar-refractivity contribution in [3.63, 3.8) is 0 Å². The van der Waals surface area contributed by atoms with Crippen molar-refractivity contribution in [2.24, 2.45) is 11.7 Å². The summed E-state index contributed by atoms with van der Waals surface area (Å²) in [5, 5.41) is 0. The maximum Gasteiger partial charge on any atom is 0.0594 e. The SMILES string of the molecule is CC1CCCC(C)N(CCOCCN)C1.Cl. The fourth-order valence-corrected chi connectivity index (χ4v) is 2.29. The highest BCUT2D eigenvalue weighted by Gasteiger charge is 2.19. The van der Waals surface area contributed by atoms with E-state index in [1.165, 1.54) is 25.8 Å². The standard InChI is InChI=1S/C12H26N2O.ClH/c1-11-4-3-5-12(2)14(10-11)7-9-15-8-6-13;/h11-12H,3-10,13H2,1-2H3;1H. The van der Waals surface area contributed by atoms with Gasteiger partial charge in [-0.05, 0) is 25.7 Å². The highest BCUT2D eigenvalue weighted by molar-refractivity contribution is 5.85. The zero-order chi connectivity index (χ0) is 11.1. The molecule has 0 spiro atoms. The molecule has 98 valence electrons. The Hall–Kier alpha value is 0.170. The molecule has 0 aromatic rings. The van der Waals surface area contributed by atoms with Crippen LogP contribution in [0, 0.1) is 5.92 Å². The van der Waals surface area contributed by atoms with Gasteiger partial charge in [-0.3, -0.25) is 4.90 Å². The molecule has 0 amide bonds. The van der Waals surface area contributed by atoms with Crippen LogP contribution in [-0.4, -0.2) is 43.8 Å². The molecule has 1 aliphatic heterocycles. The number of hydrogen-bond donors (Lipinski definition) is 1. The van der Waals surface area contributed by atoms with Crippen molar-refractivity contribution in [1.82, 2.24) is 4.90 Å². The van der Waals surface area contributed by atoms with E-state index in [1.54, 1.807) is 0 Å². The van der Waals surface area contributed by atoms with Gasteiger partial charge in [-0.2, -0.15) is 0 Å². The summed E-state index contributed by atoms with van der Waals surface area (Å²) in [6.45, 7) is 9.13. The molecule has 0 aliphatic carbocycles. The smallest absolute Gasteiger partial charge is 0.0594 e. The van der Waals surface area contributed by atoms with Crippen LogP contribution in [0.3, 0.4) is 0 Å². The first-order chi connectivity index (χ1) is 7.24. The number of likely N-dealkylation sites (tertiary alicyclic amines) is 1. The van der Waals surface area contributed by atoms with Gasteiger partial charge in [0, 0.05) is 25.7 Å². The third-order valence-corrected chi connectivity index (χ3v) is 3.27. The molecule has 2 unspecified atom stereocenters. The van der Waals surface area contributed by atoms with Crippen molar-refractivity contribution < 1.29 is 4.74 Å². The first-order valence-corrected chi connectivity index (χ1v) is 6.26. The zero-order valence-corrected chi connectivity index (χ0v) is 11.5. The largest absolute Gasteiger partial charge is 0.379 e. The van der Waals surface area contributed by atoms with E-state index < -0.39 is 0 Å². The molecular formula is C12H27ClN2O. The summed E-state index contributed by atoms with van der Waals surface area (Å²) in [4.78, 5) is 2.56. The van der Waals surface area contributed by atoms with Gasteiger partial charge in [-0.25, -0.2) is 0 Å². The number of rotatable bonds is 5. The Morgan fingerprint density at radius 1 is 1.25 bits per heavy atom. The molecule has 1 rings (SSSR count). The summed E-state index contributed by atoms with van der Waals surface area (Å²) >= 11 is 0. The van der Waals surface area contributed by atoms with Crippen LogP contribution in [0.25, 0.3) is 0 Å². The maximum atomic E-state index is 5.44. The van der Waals surface area contributed by atoms with Crippen molar-refractivity contribution in [2.45, 2.75) is 39.2 Å². The van der Waals surface area contributed by atoms with E-state index in [2.05, 4.69) is 18.7 Å². The van der Waals surface area contributed by atoms with Crippen molar-refractivity contribution in [3.05, 3.63) is 0 Å². The molecule has 0 aromatic heterocycles. The van der Waals surface area contributed by atoms with Gasteiger partial charge in [0.15, 0.2) is 0 Å². The molecule has 1 aliphatic rings. The predicted molar refractivity (Wildman–Crippen MR) is 71.2 cm³/mol. The topological polar surface area (TPSA) is 38.5 Å². The Kier molecular flexibility index (Phi) is 9.32. The highest BCUT2D eigenvalue weighted by atomic mass is 35.5. The van der Waals surface area contributed by atoms with E-state index in [0.717, 1.165) is 25.1 Å². The lowest BCUT2D eigenvalue weighted by atomic mass is 10.1. The van der Waals surface area contributed by atoms with E-state index in [4.69, 9.17) is 10.5 Å². The van der Waals surface area contributed by atoms with Crippen LogP contribution >= 0.6 is 12.4 Å². The Balaban J connectivity index is 0.00000225. The van der Waals surface area contributed by atoms with Crippen LogP contribution in [0.1, 0.15) is 33.1 Å². The quantitative estimate of drug-likeness (QED) is 0.758. The fraction of sp³-hybridized carbons (Fsp3) is 1.00. The minimum Gasteiger partial charge on any atom is -0.379 e. The van der Waals surface area contributed by atoms with Crippen molar-refractivity contribution in [2.75, 3.05) is 32.8 Å². The Morgan fingerprint density at radius 2 is 2.00 bits per heavy atom. The second-order valence-corrected chi connectivity index (χ2v) is 4.78. The van der Waals surface area contributed by atoms with Gasteiger partial charge in [0.2, 0.25) is 0 Å². The number of ether oxygens (including phenoxy) is 1. The molecule has 16 heavy (non-hydrogen) atoms. The predicted octanol–water partition coefficient (Wildman–Crippen LogP) is 1.89. The van der Waals surface area contributed by atoms with Crippen LogP contribution < -0.4 is 5.73 Å². The molecule has 3 nitrogen and oxygen atoms in total. The lowest BCUT2D eigenvalue weighted by Gasteiger charge is -2.28. The number of halogens is 1. The summed E-state index contributed by atoms with van der Waals surface area (Å²) < 4.78 is 5.44. The molecule has 1 saturated heterocycles. The third-order valence-electron chi connectivity index (χ3n) is 3.27. The summed E-state index contributed by atoms with van der Waals surface area (Å²) in [5.41, 5.74) is 5.38. The molecular weight excluding hydrogens is 224 g/mol. The van der Waals surface area contributed by atoms with Crippen LogP contribution in [0.5, 0.6) is 0 Å². The Bertz CT molecular complexity index is 169. The first-order valence-electron chi connectivity index (χ1n) is 6.26. The van der Waals surface area contributed by atoms with Gasteiger partial charge in [0.05, 0.1) is 13.2 Å². The zero-order valence-electron chi connectivity index (χ0n) is 10.7. The van der Waals surface area contributed by atoms with Crippen LogP contribution in [0.15, 0.2) is 0 Å². The number of hydrogen-bond acceptors (Lipinski definition) is 3. The molecule has 2 N–H and O–H groups in total. The van der Waals surface area contributed by atoms with Gasteiger partial charge < -0.3 is 10.5 Å². The van der Waals surface area contributed by atoms with E-state index in [-0.39, 0.29) is 12.4 Å². The van der Waals surface area contributed by atoms with E-state index >= 15 is 0 Å². The first kappa shape index (κ1) is 16.2. The van der Waals surface area contributed by atoms with Crippen LogP contribution in [-0.2, 0) is 4.74 Å². The lowest BCUT2D eigenvalue weighted by molar-refractivity contribution is 0.0905. The molecule has 0 aromatic carbocycles. The second kappa shape index (κ2) is 9.23. The lowest BCUT2D eigenvalue weighted by Crippen LogP contribution is -2.37. The minimum absolute atomic E-state index is 0. The normalized spacial score (nSPS) is 27.2. The average Bonchev–Trinajstić information content (AvgIpc) is 2.36. The number of nitrogens with two attached hydrogens (primary N) is 1. The maximum absolute atomic E-state index is 5.44. The Labute approximate surface area is 106 Å². The summed E-state index contributed by atoms with van der Waals surface area (Å²) in [6, 6.07) is 0.719. The van der Waals surface area contributed by atoms with Gasteiger partial charge >= 0.3 is 0 Å². The van der Waals surface area contributed by atoms with Gasteiger partial charge in [-0.1, -0.05) is 13.3 Å². The molecule has 4 heteroatoms. The van der Waals surface area contributed by atoms with Crippen molar-refractivity contribution in [1.29, 1.82) is 0 Å². The average molecular weight is 251 g/mol. The van der Waals surface area contributed by atoms with Gasteiger partial charge in [-0.15, -0.1) is 12.4 Å². The van der Waals surface area contributed by atoms with Crippen LogP contribution in [0.4, 0.5) is 0 Å². The molecule has 0 bridgehead atoms. The fourth-order valence-electron chi connectivity index (χ4n) is 2.29. The Morgan fingerprint density at radius 3 is 2.69 bits per heavy atom. The minimum atomic E-state index is 0. The summed E-state index contributed by atoms with van der Waals surface area (Å²) in [5.74, 6) is 0.837. The molecule has 0 saturated carbocycles. The highest BCUT2D eigenvalue weighted by Crippen LogP contribution is 2.20. The van der Waals surface area contributed by atoms with Gasteiger partial charge in [0.1, 0.15) is 0 Å². The van der Waals surface area contributed by atoms with E-state index in [0.29, 0.717) is 13.2 Å². The van der Waals surface area contributed by atoms with Crippen molar-refractivity contribution >= 4 is 12.4 Å². The van der Waals surface area contributed by atoms with Crippen molar-refractivity contribution in [3.8, 4) is 0 Å². The summed E-state index contributed by atoms with van der Waals surface area (Å²) in [6.07, 6.45) is 4.09. The molecule has 1 heterocycles. The monoisotopic (exact) mass is 250 g/mol. The third kappa shape index (κ3) is 6.04. The number of nitrogens with zero attached hydrogens (tertiary/aromatic N) is 1.